The van der Waals surface area contributed by atoms with Gasteiger partial charge in [-0.1, -0.05) is 34.1 Å². The number of rotatable bonds is 7. The van der Waals surface area contributed by atoms with Crippen molar-refractivity contribution in [1.82, 2.24) is 5.32 Å². The Kier molecular flexibility index (Phi) is 6.88. The molecule has 132 valence electrons. The number of hydrogen-bond donors (Lipinski definition) is 2. The predicted molar refractivity (Wildman–Crippen MR) is 101 cm³/mol. The first-order valence-electron chi connectivity index (χ1n) is 7.63. The normalized spacial score (nSPS) is 10.7. The molecule has 0 aliphatic carbocycles. The Hall–Kier alpha value is -3.18. The first-order valence-corrected chi connectivity index (χ1v) is 8.43. The molecule has 2 rings (SSSR count). The Balaban J connectivity index is 1.92. The molecule has 7 nitrogen and oxygen atoms in total. The minimum atomic E-state index is -0.635. The van der Waals surface area contributed by atoms with Crippen molar-refractivity contribution in [3.05, 3.63) is 80.5 Å². The Morgan fingerprint density at radius 3 is 2.65 bits per heavy atom. The molecule has 1 amide bonds. The van der Waals surface area contributed by atoms with Crippen molar-refractivity contribution in [2.75, 3.05) is 11.9 Å². The predicted octanol–water partition coefficient (Wildman–Crippen LogP) is 3.54. The monoisotopic (exact) mass is 414 g/mol. The fourth-order valence-electron chi connectivity index (χ4n) is 2.09. The number of carbonyl (C=O) groups is 1. The van der Waals surface area contributed by atoms with Crippen LogP contribution in [-0.2, 0) is 11.2 Å². The van der Waals surface area contributed by atoms with Crippen molar-refractivity contribution in [2.45, 2.75) is 6.42 Å². The molecule has 0 aliphatic rings. The summed E-state index contributed by atoms with van der Waals surface area (Å²) in [5, 5.41) is 25.3. The molecule has 0 spiro atoms. The van der Waals surface area contributed by atoms with E-state index in [0.29, 0.717) is 6.54 Å². The van der Waals surface area contributed by atoms with E-state index in [2.05, 4.69) is 26.6 Å². The third-order valence-electron chi connectivity index (χ3n) is 3.40. The lowest BCUT2D eigenvalue weighted by atomic mass is 10.1. The van der Waals surface area contributed by atoms with Crippen molar-refractivity contribution in [3.63, 3.8) is 0 Å². The number of nitrogens with one attached hydrogen (secondary N) is 2. The van der Waals surface area contributed by atoms with Crippen LogP contribution in [0.4, 0.5) is 11.4 Å². The molecule has 0 fully saturated rings. The number of hydrogen-bond acceptors (Lipinski definition) is 5. The number of benzene rings is 2. The second kappa shape index (κ2) is 9.34. The molecular weight excluding hydrogens is 400 g/mol. The summed E-state index contributed by atoms with van der Waals surface area (Å²) in [6.45, 7) is 0.552. The fraction of sp³-hybridized carbons (Fsp3) is 0.111. The van der Waals surface area contributed by atoms with Gasteiger partial charge in [-0.2, -0.15) is 5.26 Å². The van der Waals surface area contributed by atoms with Crippen LogP contribution in [0.2, 0.25) is 0 Å². The smallest absolute Gasteiger partial charge is 0.271 e. The van der Waals surface area contributed by atoms with Crippen LogP contribution in [-0.4, -0.2) is 17.4 Å². The molecule has 0 radical (unpaired) electrons. The van der Waals surface area contributed by atoms with Crippen LogP contribution in [0.3, 0.4) is 0 Å². The van der Waals surface area contributed by atoms with Gasteiger partial charge in [0.15, 0.2) is 0 Å². The van der Waals surface area contributed by atoms with Gasteiger partial charge in [-0.15, -0.1) is 0 Å². The number of nitrogens with zero attached hydrogens (tertiary/aromatic N) is 2. The van der Waals surface area contributed by atoms with E-state index in [9.17, 15) is 14.9 Å². The summed E-state index contributed by atoms with van der Waals surface area (Å²) in [6, 6.07) is 15.2. The maximum absolute atomic E-state index is 12.1. The summed E-state index contributed by atoms with van der Waals surface area (Å²) in [5.74, 6) is -0.635. The summed E-state index contributed by atoms with van der Waals surface area (Å²) in [7, 11) is 0. The van der Waals surface area contributed by atoms with E-state index in [1.807, 2.05) is 30.3 Å². The van der Waals surface area contributed by atoms with Crippen LogP contribution in [0, 0.1) is 21.4 Å². The third kappa shape index (κ3) is 5.72. The lowest BCUT2D eigenvalue weighted by Crippen LogP contribution is -2.18. The average molecular weight is 415 g/mol. The van der Waals surface area contributed by atoms with Gasteiger partial charge in [-0.05, 0) is 30.2 Å². The molecule has 8 heteroatoms. The van der Waals surface area contributed by atoms with Gasteiger partial charge in [-0.25, -0.2) is 0 Å². The van der Waals surface area contributed by atoms with Crippen LogP contribution in [0.15, 0.2) is 64.8 Å². The van der Waals surface area contributed by atoms with E-state index in [1.54, 1.807) is 0 Å². The highest BCUT2D eigenvalue weighted by molar-refractivity contribution is 9.10. The van der Waals surface area contributed by atoms with Crippen LogP contribution in [0.5, 0.6) is 0 Å². The maximum atomic E-state index is 12.1. The highest BCUT2D eigenvalue weighted by Crippen LogP contribution is 2.17. The number of halogens is 1. The number of amides is 1. The van der Waals surface area contributed by atoms with Gasteiger partial charge in [0.25, 0.3) is 11.6 Å². The molecule has 26 heavy (non-hydrogen) atoms. The molecule has 0 heterocycles. The minimum absolute atomic E-state index is 0.118. The Morgan fingerprint density at radius 2 is 2.00 bits per heavy atom. The molecule has 2 aromatic rings. The van der Waals surface area contributed by atoms with Crippen molar-refractivity contribution < 1.29 is 9.72 Å². The molecule has 0 aromatic heterocycles. The third-order valence-corrected chi connectivity index (χ3v) is 3.93. The standard InChI is InChI=1S/C18H15BrN4O3/c19-15-6-4-13(5-7-15)8-9-21-12-14(11-20)18(24)22-16-2-1-3-17(10-16)23(25)26/h1-7,10,12,21H,8-9H2,(H,22,24)/b14-12-. The maximum Gasteiger partial charge on any atom is 0.271 e. The summed E-state index contributed by atoms with van der Waals surface area (Å²) in [6.07, 6.45) is 2.07. The zero-order valence-corrected chi connectivity index (χ0v) is 15.2. The van der Waals surface area contributed by atoms with Crippen LogP contribution in [0.25, 0.3) is 0 Å². The largest absolute Gasteiger partial charge is 0.389 e. The first-order chi connectivity index (χ1) is 12.5. The fourth-order valence-corrected chi connectivity index (χ4v) is 2.35. The van der Waals surface area contributed by atoms with Crippen LogP contribution >= 0.6 is 15.9 Å². The van der Waals surface area contributed by atoms with E-state index in [4.69, 9.17) is 5.26 Å². The number of nitro benzene ring substituents is 1. The Morgan fingerprint density at radius 1 is 1.27 bits per heavy atom. The summed E-state index contributed by atoms with van der Waals surface area (Å²) < 4.78 is 0.999. The second-order valence-corrected chi connectivity index (χ2v) is 6.18. The van der Waals surface area contributed by atoms with Crippen LogP contribution in [0.1, 0.15) is 5.56 Å². The summed E-state index contributed by atoms with van der Waals surface area (Å²) >= 11 is 3.37. The zero-order chi connectivity index (χ0) is 18.9. The van der Waals surface area contributed by atoms with Gasteiger partial charge in [0, 0.05) is 35.0 Å². The summed E-state index contributed by atoms with van der Waals surface area (Å²) in [5.41, 5.74) is 1.11. The highest BCUT2D eigenvalue weighted by atomic mass is 79.9. The Bertz CT molecular complexity index is 873. The van der Waals surface area contributed by atoms with E-state index in [-0.39, 0.29) is 16.9 Å². The van der Waals surface area contributed by atoms with E-state index < -0.39 is 10.8 Å². The number of nitriles is 1. The SMILES string of the molecule is N#C/C(=C/NCCc1ccc(Br)cc1)C(=O)Nc1cccc([N+](=O)[O-])c1. The number of carbonyl (C=O) groups excluding carboxylic acids is 1. The van der Waals surface area contributed by atoms with E-state index in [1.165, 1.54) is 30.5 Å². The highest BCUT2D eigenvalue weighted by Gasteiger charge is 2.11. The number of anilines is 1. The molecule has 0 saturated heterocycles. The molecule has 2 aromatic carbocycles. The molecule has 0 bridgehead atoms. The zero-order valence-electron chi connectivity index (χ0n) is 13.6. The van der Waals surface area contributed by atoms with E-state index in [0.717, 1.165) is 16.5 Å². The lowest BCUT2D eigenvalue weighted by Gasteiger charge is -2.05. The van der Waals surface area contributed by atoms with Gasteiger partial charge in [-0.3, -0.25) is 14.9 Å². The minimum Gasteiger partial charge on any atom is -0.389 e. The lowest BCUT2D eigenvalue weighted by molar-refractivity contribution is -0.384. The van der Waals surface area contributed by atoms with Crippen LogP contribution < -0.4 is 10.6 Å². The number of nitro groups is 1. The van der Waals surface area contributed by atoms with Gasteiger partial charge in [0.2, 0.25) is 0 Å². The summed E-state index contributed by atoms with van der Waals surface area (Å²) in [4.78, 5) is 22.3. The molecule has 2 N–H and O–H groups in total. The van der Waals surface area contributed by atoms with Gasteiger partial charge < -0.3 is 10.6 Å². The second-order valence-electron chi connectivity index (χ2n) is 5.26. The average Bonchev–Trinajstić information content (AvgIpc) is 2.63. The molecule has 0 aliphatic heterocycles. The van der Waals surface area contributed by atoms with Crippen molar-refractivity contribution >= 4 is 33.2 Å². The van der Waals surface area contributed by atoms with Crippen molar-refractivity contribution in [3.8, 4) is 6.07 Å². The number of non-ortho nitro benzene ring substituents is 1. The van der Waals surface area contributed by atoms with Crippen molar-refractivity contribution in [2.24, 2.45) is 0 Å². The first kappa shape index (κ1) is 19.1. The Labute approximate surface area is 158 Å². The quantitative estimate of drug-likeness (QED) is 0.237. The van der Waals surface area contributed by atoms with Gasteiger partial charge >= 0.3 is 0 Å². The topological polar surface area (TPSA) is 108 Å². The molecule has 0 atom stereocenters. The van der Waals surface area contributed by atoms with E-state index >= 15 is 0 Å². The molecule has 0 unspecified atom stereocenters. The molecule has 0 saturated carbocycles. The van der Waals surface area contributed by atoms with Crippen molar-refractivity contribution in [1.29, 1.82) is 5.26 Å². The molecular formula is C18H15BrN4O3. The van der Waals surface area contributed by atoms with Gasteiger partial charge in [0.05, 0.1) is 4.92 Å². The van der Waals surface area contributed by atoms with Gasteiger partial charge in [0.1, 0.15) is 11.6 Å².